The highest BCUT2D eigenvalue weighted by Gasteiger charge is 2.15. The van der Waals surface area contributed by atoms with Gasteiger partial charge in [0.15, 0.2) is 0 Å². The second kappa shape index (κ2) is 6.02. The Hall–Kier alpha value is -1.93. The number of pyridine rings is 1. The number of allylic oxidation sites excluding steroid dienone is 1. The lowest BCUT2D eigenvalue weighted by atomic mass is 9.92. The molecule has 2 heteroatoms. The summed E-state index contributed by atoms with van der Waals surface area (Å²) in [5, 5.41) is 9.75. The van der Waals surface area contributed by atoms with Gasteiger partial charge in [0.05, 0.1) is 6.61 Å². The zero-order valence-corrected chi connectivity index (χ0v) is 12.6. The van der Waals surface area contributed by atoms with Gasteiger partial charge < -0.3 is 5.11 Å². The van der Waals surface area contributed by atoms with Gasteiger partial charge in [0.1, 0.15) is 0 Å². The van der Waals surface area contributed by atoms with Gasteiger partial charge in [-0.2, -0.15) is 0 Å². The van der Waals surface area contributed by atoms with Gasteiger partial charge in [-0.05, 0) is 38.8 Å². The summed E-state index contributed by atoms with van der Waals surface area (Å²) in [4.78, 5) is 4.58. The van der Waals surface area contributed by atoms with E-state index < -0.39 is 0 Å². The van der Waals surface area contributed by atoms with Crippen LogP contribution >= 0.6 is 0 Å². The Morgan fingerprint density at radius 1 is 1.10 bits per heavy atom. The topological polar surface area (TPSA) is 33.1 Å². The molecule has 20 heavy (non-hydrogen) atoms. The molecular weight excluding hydrogens is 246 g/mol. The zero-order chi connectivity index (χ0) is 14.7. The highest BCUT2D eigenvalue weighted by atomic mass is 16.3. The molecule has 0 spiro atoms. The van der Waals surface area contributed by atoms with Crippen LogP contribution in [-0.2, 0) is 6.61 Å². The van der Waals surface area contributed by atoms with E-state index in [-0.39, 0.29) is 6.61 Å². The molecule has 0 amide bonds. The smallest absolute Gasteiger partial charge is 0.0705 e. The molecule has 0 saturated carbocycles. The van der Waals surface area contributed by atoms with Crippen LogP contribution in [0.1, 0.15) is 36.4 Å². The third-order valence-electron chi connectivity index (χ3n) is 3.39. The molecule has 1 aromatic carbocycles. The number of benzene rings is 1. The van der Waals surface area contributed by atoms with Crippen molar-refractivity contribution < 1.29 is 5.11 Å². The molecule has 1 N–H and O–H groups in total. The minimum Gasteiger partial charge on any atom is -0.392 e. The van der Waals surface area contributed by atoms with Gasteiger partial charge in [0, 0.05) is 22.5 Å². The molecule has 0 atom stereocenters. The molecule has 104 valence electrons. The standard InChI is InChI=1S/C18H21NO/c1-12(2)10-16-13(3)19-14(4)17(11-20)18(16)15-8-6-5-7-9-15/h5-10,20H,11H2,1-4H3. The Labute approximate surface area is 120 Å². The fourth-order valence-electron chi connectivity index (χ4n) is 2.50. The first-order chi connectivity index (χ1) is 9.54. The van der Waals surface area contributed by atoms with Crippen molar-refractivity contribution in [1.29, 1.82) is 0 Å². The summed E-state index contributed by atoms with van der Waals surface area (Å²) in [6, 6.07) is 10.2. The maximum atomic E-state index is 9.75. The van der Waals surface area contributed by atoms with Crippen molar-refractivity contribution in [2.75, 3.05) is 0 Å². The normalized spacial score (nSPS) is 10.4. The molecule has 2 nitrogen and oxygen atoms in total. The molecule has 1 aromatic heterocycles. The van der Waals surface area contributed by atoms with Crippen molar-refractivity contribution in [3.05, 3.63) is 58.4 Å². The molecule has 0 saturated heterocycles. The molecule has 0 aliphatic rings. The predicted octanol–water partition coefficient (Wildman–Crippen LogP) is 4.28. The van der Waals surface area contributed by atoms with Crippen LogP contribution in [0.4, 0.5) is 0 Å². The quantitative estimate of drug-likeness (QED) is 0.900. The summed E-state index contributed by atoms with van der Waals surface area (Å²) in [7, 11) is 0. The maximum Gasteiger partial charge on any atom is 0.0705 e. The van der Waals surface area contributed by atoms with Crippen molar-refractivity contribution >= 4 is 6.08 Å². The lowest BCUT2D eigenvalue weighted by Gasteiger charge is -2.17. The fourth-order valence-corrected chi connectivity index (χ4v) is 2.50. The molecule has 2 aromatic rings. The van der Waals surface area contributed by atoms with E-state index in [1.165, 1.54) is 5.57 Å². The van der Waals surface area contributed by atoms with E-state index in [0.717, 1.165) is 33.6 Å². The number of aliphatic hydroxyl groups is 1. The number of nitrogens with zero attached hydrogens (tertiary/aromatic N) is 1. The van der Waals surface area contributed by atoms with Crippen molar-refractivity contribution in [1.82, 2.24) is 4.98 Å². The van der Waals surface area contributed by atoms with Gasteiger partial charge in [-0.1, -0.05) is 42.0 Å². The molecule has 2 rings (SSSR count). The lowest BCUT2D eigenvalue weighted by Crippen LogP contribution is -2.03. The van der Waals surface area contributed by atoms with Gasteiger partial charge >= 0.3 is 0 Å². The van der Waals surface area contributed by atoms with Gasteiger partial charge in [0.2, 0.25) is 0 Å². The molecule has 0 unspecified atom stereocenters. The lowest BCUT2D eigenvalue weighted by molar-refractivity contribution is 0.281. The molecular formula is C18H21NO. The second-order valence-corrected chi connectivity index (χ2v) is 5.30. The first kappa shape index (κ1) is 14.5. The van der Waals surface area contributed by atoms with E-state index in [1.807, 2.05) is 32.0 Å². The van der Waals surface area contributed by atoms with E-state index >= 15 is 0 Å². The molecule has 0 aliphatic carbocycles. The molecule has 0 fully saturated rings. The summed E-state index contributed by atoms with van der Waals surface area (Å²) in [5.74, 6) is 0. The largest absolute Gasteiger partial charge is 0.392 e. The average molecular weight is 267 g/mol. The van der Waals surface area contributed by atoms with Crippen LogP contribution in [0.25, 0.3) is 17.2 Å². The summed E-state index contributed by atoms with van der Waals surface area (Å²) >= 11 is 0. The third kappa shape index (κ3) is 2.81. The van der Waals surface area contributed by atoms with Gasteiger partial charge in [-0.3, -0.25) is 4.98 Å². The predicted molar refractivity (Wildman–Crippen MR) is 84.4 cm³/mol. The molecule has 1 heterocycles. The summed E-state index contributed by atoms with van der Waals surface area (Å²) < 4.78 is 0. The monoisotopic (exact) mass is 267 g/mol. The molecule has 0 aliphatic heterocycles. The minimum absolute atomic E-state index is 0.00689. The van der Waals surface area contributed by atoms with Crippen molar-refractivity contribution in [3.8, 4) is 11.1 Å². The van der Waals surface area contributed by atoms with Crippen molar-refractivity contribution in [3.63, 3.8) is 0 Å². The van der Waals surface area contributed by atoms with Crippen LogP contribution in [0.2, 0.25) is 0 Å². The van der Waals surface area contributed by atoms with Crippen LogP contribution in [-0.4, -0.2) is 10.1 Å². The van der Waals surface area contributed by atoms with Crippen molar-refractivity contribution in [2.24, 2.45) is 0 Å². The van der Waals surface area contributed by atoms with Crippen molar-refractivity contribution in [2.45, 2.75) is 34.3 Å². The Morgan fingerprint density at radius 3 is 2.30 bits per heavy atom. The average Bonchev–Trinajstić information content (AvgIpc) is 2.42. The van der Waals surface area contributed by atoms with Gasteiger partial charge in [-0.25, -0.2) is 0 Å². The van der Waals surface area contributed by atoms with E-state index in [2.05, 4.69) is 37.0 Å². The summed E-state index contributed by atoms with van der Waals surface area (Å²) in [6.07, 6.45) is 2.14. The fraction of sp³-hybridized carbons (Fsp3) is 0.278. The number of aryl methyl sites for hydroxylation is 2. The maximum absolute atomic E-state index is 9.75. The number of rotatable bonds is 3. The number of hydrogen-bond donors (Lipinski definition) is 1. The van der Waals surface area contributed by atoms with Crippen LogP contribution in [0.15, 0.2) is 35.9 Å². The Morgan fingerprint density at radius 2 is 1.75 bits per heavy atom. The zero-order valence-electron chi connectivity index (χ0n) is 12.6. The highest BCUT2D eigenvalue weighted by Crippen LogP contribution is 2.32. The Bertz CT molecular complexity index is 638. The Balaban J connectivity index is 2.83. The highest BCUT2D eigenvalue weighted by molar-refractivity contribution is 5.80. The van der Waals surface area contributed by atoms with E-state index in [1.54, 1.807) is 0 Å². The van der Waals surface area contributed by atoms with E-state index in [4.69, 9.17) is 0 Å². The summed E-state index contributed by atoms with van der Waals surface area (Å²) in [6.45, 7) is 8.14. The van der Waals surface area contributed by atoms with Crippen LogP contribution in [0.3, 0.4) is 0 Å². The van der Waals surface area contributed by atoms with Crippen LogP contribution in [0, 0.1) is 13.8 Å². The van der Waals surface area contributed by atoms with Gasteiger partial charge in [-0.15, -0.1) is 0 Å². The van der Waals surface area contributed by atoms with Crippen LogP contribution < -0.4 is 0 Å². The van der Waals surface area contributed by atoms with Crippen LogP contribution in [0.5, 0.6) is 0 Å². The Kier molecular flexibility index (Phi) is 4.35. The third-order valence-corrected chi connectivity index (χ3v) is 3.39. The minimum atomic E-state index is 0.00689. The second-order valence-electron chi connectivity index (χ2n) is 5.30. The summed E-state index contributed by atoms with van der Waals surface area (Å²) in [5.41, 5.74) is 7.35. The number of hydrogen-bond acceptors (Lipinski definition) is 2. The number of aromatic nitrogens is 1. The SMILES string of the molecule is CC(C)=Cc1c(C)nc(C)c(CO)c1-c1ccccc1. The first-order valence-electron chi connectivity index (χ1n) is 6.86. The van der Waals surface area contributed by atoms with E-state index in [9.17, 15) is 5.11 Å². The first-order valence-corrected chi connectivity index (χ1v) is 6.86. The number of aliphatic hydroxyl groups excluding tert-OH is 1. The molecule has 0 radical (unpaired) electrons. The molecule has 0 bridgehead atoms. The van der Waals surface area contributed by atoms with E-state index in [0.29, 0.717) is 0 Å². The van der Waals surface area contributed by atoms with Gasteiger partial charge in [0.25, 0.3) is 0 Å².